The normalized spacial score (nSPS) is 13.8. The molecule has 1 aromatic carbocycles. The van der Waals surface area contributed by atoms with Gasteiger partial charge in [-0.2, -0.15) is 0 Å². The molecule has 0 bridgehead atoms. The van der Waals surface area contributed by atoms with E-state index in [2.05, 4.69) is 64.2 Å². The molecule has 1 aromatic rings. The van der Waals surface area contributed by atoms with Crippen LogP contribution in [0.3, 0.4) is 0 Å². The zero-order valence-electron chi connectivity index (χ0n) is 14.0. The first-order valence-corrected chi connectivity index (χ1v) is 7.78. The molecule has 2 nitrogen and oxygen atoms in total. The van der Waals surface area contributed by atoms with Gasteiger partial charge in [-0.15, -0.1) is 0 Å². The van der Waals surface area contributed by atoms with Crippen molar-refractivity contribution >= 4 is 0 Å². The summed E-state index contributed by atoms with van der Waals surface area (Å²) in [4.78, 5) is 0. The van der Waals surface area contributed by atoms with E-state index in [0.717, 1.165) is 12.8 Å². The van der Waals surface area contributed by atoms with Crippen LogP contribution in [0.25, 0.3) is 0 Å². The van der Waals surface area contributed by atoms with Gasteiger partial charge in [0.2, 0.25) is 0 Å². The first-order chi connectivity index (χ1) is 9.38. The smallest absolute Gasteiger partial charge is 0.0668 e. The molecule has 114 valence electrons. The molecule has 0 radical (unpaired) electrons. The molecule has 0 spiro atoms. The van der Waals surface area contributed by atoms with Gasteiger partial charge in [0.25, 0.3) is 0 Å². The Kier molecular flexibility index (Phi) is 6.70. The van der Waals surface area contributed by atoms with E-state index in [1.165, 1.54) is 11.1 Å². The fraction of sp³-hybridized carbons (Fsp3) is 0.667. The van der Waals surface area contributed by atoms with Crippen LogP contribution in [0.5, 0.6) is 0 Å². The fourth-order valence-corrected chi connectivity index (χ4v) is 2.11. The van der Waals surface area contributed by atoms with Crippen LogP contribution in [0.2, 0.25) is 0 Å². The number of ether oxygens (including phenoxy) is 1. The lowest BCUT2D eigenvalue weighted by Gasteiger charge is -2.27. The highest BCUT2D eigenvalue weighted by molar-refractivity contribution is 5.25. The minimum absolute atomic E-state index is 0.0489. The van der Waals surface area contributed by atoms with Crippen LogP contribution >= 0.6 is 0 Å². The Morgan fingerprint density at radius 1 is 1.15 bits per heavy atom. The maximum Gasteiger partial charge on any atom is 0.0668 e. The second-order valence-corrected chi connectivity index (χ2v) is 6.61. The predicted octanol–water partition coefficient (Wildman–Crippen LogP) is 4.35. The van der Waals surface area contributed by atoms with Crippen molar-refractivity contribution in [2.75, 3.05) is 13.7 Å². The molecule has 0 fully saturated rings. The standard InChI is InChI=1S/C18H31NO/c1-7-18(4,5)20-13-17(19-6)16-10-8-15(9-11-16)12-14(2)3/h8-11,14,17,19H,7,12-13H2,1-6H3. The minimum Gasteiger partial charge on any atom is -0.374 e. The molecule has 1 N–H and O–H groups in total. The van der Waals surface area contributed by atoms with Gasteiger partial charge >= 0.3 is 0 Å². The zero-order chi connectivity index (χ0) is 15.2. The molecule has 0 aliphatic rings. The van der Waals surface area contributed by atoms with Gasteiger partial charge in [0.1, 0.15) is 0 Å². The maximum absolute atomic E-state index is 6.02. The summed E-state index contributed by atoms with van der Waals surface area (Å²) in [7, 11) is 2.00. The monoisotopic (exact) mass is 277 g/mol. The van der Waals surface area contributed by atoms with Crippen LogP contribution < -0.4 is 5.32 Å². The van der Waals surface area contributed by atoms with E-state index < -0.39 is 0 Å². The topological polar surface area (TPSA) is 21.3 Å². The second-order valence-electron chi connectivity index (χ2n) is 6.61. The van der Waals surface area contributed by atoms with Crippen molar-refractivity contribution in [3.63, 3.8) is 0 Å². The molecule has 0 saturated heterocycles. The molecular weight excluding hydrogens is 246 g/mol. The summed E-state index contributed by atoms with van der Waals surface area (Å²) < 4.78 is 6.02. The number of nitrogens with one attached hydrogen (secondary N) is 1. The van der Waals surface area contributed by atoms with E-state index in [1.54, 1.807) is 0 Å². The Morgan fingerprint density at radius 3 is 2.20 bits per heavy atom. The van der Waals surface area contributed by atoms with E-state index in [1.807, 2.05) is 7.05 Å². The Morgan fingerprint density at radius 2 is 1.75 bits per heavy atom. The summed E-state index contributed by atoms with van der Waals surface area (Å²) in [5, 5.41) is 3.35. The molecular formula is C18H31NO. The summed E-state index contributed by atoms with van der Waals surface area (Å²) in [5.74, 6) is 0.703. The van der Waals surface area contributed by atoms with Gasteiger partial charge in [0, 0.05) is 0 Å². The van der Waals surface area contributed by atoms with Crippen molar-refractivity contribution in [1.29, 1.82) is 0 Å². The summed E-state index contributed by atoms with van der Waals surface area (Å²) in [6.45, 7) is 11.7. The van der Waals surface area contributed by atoms with Gasteiger partial charge in [0.15, 0.2) is 0 Å². The maximum atomic E-state index is 6.02. The van der Waals surface area contributed by atoms with Gasteiger partial charge in [-0.3, -0.25) is 0 Å². The average molecular weight is 277 g/mol. The molecule has 0 aliphatic carbocycles. The third kappa shape index (κ3) is 5.64. The molecule has 0 saturated carbocycles. The summed E-state index contributed by atoms with van der Waals surface area (Å²) in [6, 6.07) is 9.19. The van der Waals surface area contributed by atoms with E-state index in [-0.39, 0.29) is 11.6 Å². The van der Waals surface area contributed by atoms with E-state index >= 15 is 0 Å². The van der Waals surface area contributed by atoms with Crippen molar-refractivity contribution in [3.8, 4) is 0 Å². The van der Waals surface area contributed by atoms with Crippen molar-refractivity contribution in [2.24, 2.45) is 5.92 Å². The zero-order valence-corrected chi connectivity index (χ0v) is 14.0. The van der Waals surface area contributed by atoms with Crippen molar-refractivity contribution < 1.29 is 4.74 Å². The van der Waals surface area contributed by atoms with Gasteiger partial charge < -0.3 is 10.1 Å². The largest absolute Gasteiger partial charge is 0.374 e. The van der Waals surface area contributed by atoms with Crippen molar-refractivity contribution in [3.05, 3.63) is 35.4 Å². The third-order valence-electron chi connectivity index (χ3n) is 3.87. The predicted molar refractivity (Wildman–Crippen MR) is 87.1 cm³/mol. The Hall–Kier alpha value is -0.860. The first-order valence-electron chi connectivity index (χ1n) is 7.78. The molecule has 0 heterocycles. The summed E-state index contributed by atoms with van der Waals surface area (Å²) in [5.41, 5.74) is 2.66. The number of rotatable bonds is 8. The highest BCUT2D eigenvalue weighted by Crippen LogP contribution is 2.20. The molecule has 0 aromatic heterocycles. The number of hydrogen-bond acceptors (Lipinski definition) is 2. The summed E-state index contributed by atoms with van der Waals surface area (Å²) in [6.07, 6.45) is 2.17. The highest BCUT2D eigenvalue weighted by atomic mass is 16.5. The minimum atomic E-state index is -0.0489. The SMILES string of the molecule is CCC(C)(C)OCC(NC)c1ccc(CC(C)C)cc1. The quantitative estimate of drug-likeness (QED) is 0.762. The number of benzene rings is 1. The molecule has 1 unspecified atom stereocenters. The molecule has 1 rings (SSSR count). The molecule has 0 amide bonds. The van der Waals surface area contributed by atoms with Crippen LogP contribution in [0, 0.1) is 5.92 Å². The van der Waals surface area contributed by atoms with E-state index in [9.17, 15) is 0 Å². The summed E-state index contributed by atoms with van der Waals surface area (Å²) >= 11 is 0. The Balaban J connectivity index is 2.65. The Bertz CT molecular complexity index is 381. The van der Waals surface area contributed by atoms with Gasteiger partial charge in [-0.05, 0) is 50.8 Å². The van der Waals surface area contributed by atoms with Crippen LogP contribution in [0.15, 0.2) is 24.3 Å². The lowest BCUT2D eigenvalue weighted by Crippen LogP contribution is -2.30. The fourth-order valence-electron chi connectivity index (χ4n) is 2.11. The number of hydrogen-bond donors (Lipinski definition) is 1. The lowest BCUT2D eigenvalue weighted by atomic mass is 9.99. The highest BCUT2D eigenvalue weighted by Gasteiger charge is 2.18. The van der Waals surface area contributed by atoms with Gasteiger partial charge in [0.05, 0.1) is 18.2 Å². The van der Waals surface area contributed by atoms with Crippen molar-refractivity contribution in [2.45, 2.75) is 59.1 Å². The Labute approximate surface area is 124 Å². The average Bonchev–Trinajstić information content (AvgIpc) is 2.40. The molecule has 0 aliphatic heterocycles. The van der Waals surface area contributed by atoms with E-state index in [0.29, 0.717) is 12.5 Å². The molecule has 1 atom stereocenters. The van der Waals surface area contributed by atoms with E-state index in [4.69, 9.17) is 4.74 Å². The third-order valence-corrected chi connectivity index (χ3v) is 3.87. The van der Waals surface area contributed by atoms with Crippen molar-refractivity contribution in [1.82, 2.24) is 5.32 Å². The second kappa shape index (κ2) is 7.80. The van der Waals surface area contributed by atoms with Crippen LogP contribution in [0.4, 0.5) is 0 Å². The lowest BCUT2D eigenvalue weighted by molar-refractivity contribution is -0.0300. The van der Waals surface area contributed by atoms with Crippen LogP contribution in [-0.4, -0.2) is 19.3 Å². The van der Waals surface area contributed by atoms with Crippen LogP contribution in [0.1, 0.15) is 58.2 Å². The van der Waals surface area contributed by atoms with Gasteiger partial charge in [-0.25, -0.2) is 0 Å². The molecule has 2 heteroatoms. The first kappa shape index (κ1) is 17.2. The number of likely N-dealkylation sites (N-methyl/N-ethyl adjacent to an activating group) is 1. The van der Waals surface area contributed by atoms with Crippen LogP contribution in [-0.2, 0) is 11.2 Å². The van der Waals surface area contributed by atoms with Gasteiger partial charge in [-0.1, -0.05) is 45.0 Å². The molecule has 20 heavy (non-hydrogen) atoms.